The minimum atomic E-state index is -1.66. The van der Waals surface area contributed by atoms with Crippen LogP contribution in [0.4, 0.5) is 5.69 Å². The van der Waals surface area contributed by atoms with Gasteiger partial charge in [-0.25, -0.2) is 9.59 Å². The fourth-order valence-corrected chi connectivity index (χ4v) is 4.32. The van der Waals surface area contributed by atoms with Gasteiger partial charge in [0.05, 0.1) is 10.0 Å². The molecule has 1 amide bonds. The lowest BCUT2D eigenvalue weighted by molar-refractivity contribution is -0.139. The minimum Gasteiger partial charge on any atom is -0.478 e. The molecule has 39 heavy (non-hydrogen) atoms. The molecule has 0 aromatic heterocycles. The van der Waals surface area contributed by atoms with Crippen LogP contribution < -0.4 is 10.2 Å². The van der Waals surface area contributed by atoms with E-state index in [9.17, 15) is 19.5 Å². The van der Waals surface area contributed by atoms with Crippen LogP contribution in [0.15, 0.2) is 48.6 Å². The molecule has 1 atom stereocenters. The summed E-state index contributed by atoms with van der Waals surface area (Å²) in [5.41, 5.74) is 2.69. The first-order valence-electron chi connectivity index (χ1n) is 12.5. The largest absolute Gasteiger partial charge is 0.478 e. The molecule has 212 valence electrons. The standard InChI is InChI=1S/C24H31Cl2N3O2.C4H4O4/c1-17-5-6-18(2)22(15-17)29-13-11-28(12-14-29)10-4-9-27-23(30)24(3,31)19-7-8-20(25)21(26)16-19;5-3(6)1-2-4(7)8/h5-8,15-16,31H,4,9-14H2,1-3H3,(H,27,30);1-2H,(H,5,6)(H,7,8)/b;2-1+. The third kappa shape index (κ3) is 10.2. The van der Waals surface area contributed by atoms with Crippen LogP contribution in [0.3, 0.4) is 0 Å². The first-order chi connectivity index (χ1) is 18.3. The molecule has 1 aliphatic heterocycles. The Bertz CT molecular complexity index is 1180. The Morgan fingerprint density at radius 3 is 2.13 bits per heavy atom. The monoisotopic (exact) mass is 579 g/mol. The normalized spacial score (nSPS) is 15.3. The number of carboxylic acids is 2. The van der Waals surface area contributed by atoms with Gasteiger partial charge in [0.25, 0.3) is 5.91 Å². The van der Waals surface area contributed by atoms with Gasteiger partial charge in [-0.1, -0.05) is 41.4 Å². The van der Waals surface area contributed by atoms with Crippen LogP contribution in [0, 0.1) is 13.8 Å². The minimum absolute atomic E-state index is 0.312. The number of piperazine rings is 1. The topological polar surface area (TPSA) is 130 Å². The highest BCUT2D eigenvalue weighted by molar-refractivity contribution is 6.42. The molecule has 1 heterocycles. The predicted molar refractivity (Wildman–Crippen MR) is 153 cm³/mol. The molecule has 1 saturated heterocycles. The molecular formula is C28H35Cl2N3O6. The van der Waals surface area contributed by atoms with Crippen molar-refractivity contribution in [2.24, 2.45) is 0 Å². The van der Waals surface area contributed by atoms with E-state index in [0.717, 1.165) is 39.1 Å². The van der Waals surface area contributed by atoms with Gasteiger partial charge in [0.2, 0.25) is 0 Å². The first kappa shape index (κ1) is 32.1. The molecule has 2 aromatic rings. The van der Waals surface area contributed by atoms with E-state index in [1.807, 2.05) is 0 Å². The second-order valence-corrected chi connectivity index (χ2v) is 10.3. The number of carbonyl (C=O) groups excluding carboxylic acids is 1. The number of hydrogen-bond donors (Lipinski definition) is 4. The highest BCUT2D eigenvalue weighted by atomic mass is 35.5. The van der Waals surface area contributed by atoms with Gasteiger partial charge in [-0.05, 0) is 68.6 Å². The van der Waals surface area contributed by atoms with Crippen molar-refractivity contribution in [2.45, 2.75) is 32.8 Å². The number of halogens is 2. The number of hydrogen-bond acceptors (Lipinski definition) is 6. The van der Waals surface area contributed by atoms with E-state index < -0.39 is 23.4 Å². The Balaban J connectivity index is 0.000000580. The Morgan fingerprint density at radius 2 is 1.56 bits per heavy atom. The summed E-state index contributed by atoms with van der Waals surface area (Å²) < 4.78 is 0. The molecule has 0 radical (unpaired) electrons. The van der Waals surface area contributed by atoms with E-state index in [2.05, 4.69) is 47.2 Å². The summed E-state index contributed by atoms with van der Waals surface area (Å²) in [7, 11) is 0. The third-order valence-electron chi connectivity index (χ3n) is 6.31. The van der Waals surface area contributed by atoms with Crippen molar-refractivity contribution >= 4 is 46.7 Å². The van der Waals surface area contributed by atoms with E-state index in [0.29, 0.717) is 34.3 Å². The van der Waals surface area contributed by atoms with Crippen LogP contribution in [-0.2, 0) is 20.0 Å². The smallest absolute Gasteiger partial charge is 0.328 e. The van der Waals surface area contributed by atoms with E-state index >= 15 is 0 Å². The molecule has 3 rings (SSSR count). The van der Waals surface area contributed by atoms with E-state index in [4.69, 9.17) is 33.4 Å². The van der Waals surface area contributed by atoms with Crippen LogP contribution in [0.5, 0.6) is 0 Å². The Kier molecular flexibility index (Phi) is 12.3. The number of anilines is 1. The lowest BCUT2D eigenvalue weighted by Crippen LogP contribution is -2.47. The highest BCUT2D eigenvalue weighted by Crippen LogP contribution is 2.29. The van der Waals surface area contributed by atoms with E-state index in [1.54, 1.807) is 12.1 Å². The van der Waals surface area contributed by atoms with Crippen molar-refractivity contribution in [1.29, 1.82) is 0 Å². The number of aliphatic carboxylic acids is 2. The molecule has 11 heteroatoms. The third-order valence-corrected chi connectivity index (χ3v) is 7.05. The number of nitrogens with zero attached hydrogens (tertiary/aromatic N) is 2. The Labute approximate surface area is 238 Å². The average molecular weight is 581 g/mol. The number of benzene rings is 2. The molecule has 0 bridgehead atoms. The van der Waals surface area contributed by atoms with Gasteiger partial charge in [-0.15, -0.1) is 0 Å². The molecule has 9 nitrogen and oxygen atoms in total. The van der Waals surface area contributed by atoms with Gasteiger partial charge < -0.3 is 25.5 Å². The molecule has 0 spiro atoms. The van der Waals surface area contributed by atoms with Crippen molar-refractivity contribution in [3.05, 3.63) is 75.3 Å². The van der Waals surface area contributed by atoms with Gasteiger partial charge in [-0.3, -0.25) is 9.69 Å². The number of carboxylic acid groups (broad SMARTS) is 2. The van der Waals surface area contributed by atoms with Gasteiger partial charge in [0.15, 0.2) is 5.60 Å². The number of amides is 1. The van der Waals surface area contributed by atoms with E-state index in [1.165, 1.54) is 29.8 Å². The van der Waals surface area contributed by atoms with Crippen LogP contribution in [0.2, 0.25) is 10.0 Å². The van der Waals surface area contributed by atoms with Crippen LogP contribution in [-0.4, -0.2) is 77.3 Å². The van der Waals surface area contributed by atoms with Gasteiger partial charge in [0.1, 0.15) is 0 Å². The summed E-state index contributed by atoms with van der Waals surface area (Å²) in [5, 5.41) is 29.8. The summed E-state index contributed by atoms with van der Waals surface area (Å²) in [6.45, 7) is 11.2. The van der Waals surface area contributed by atoms with Crippen LogP contribution >= 0.6 is 23.2 Å². The number of nitrogens with one attached hydrogen (secondary N) is 1. The van der Waals surface area contributed by atoms with Gasteiger partial charge in [0, 0.05) is 50.6 Å². The van der Waals surface area contributed by atoms with Crippen molar-refractivity contribution in [3.63, 3.8) is 0 Å². The SMILES string of the molecule is Cc1ccc(C)c(N2CCN(CCCNC(=O)C(C)(O)c3ccc(Cl)c(Cl)c3)CC2)c1.O=C(O)/C=C/C(=O)O. The van der Waals surface area contributed by atoms with Crippen molar-refractivity contribution in [1.82, 2.24) is 10.2 Å². The maximum atomic E-state index is 12.5. The molecular weight excluding hydrogens is 545 g/mol. The zero-order valence-electron chi connectivity index (χ0n) is 22.3. The number of rotatable bonds is 9. The molecule has 0 aliphatic carbocycles. The quantitative estimate of drug-likeness (QED) is 0.260. The molecule has 1 aliphatic rings. The van der Waals surface area contributed by atoms with Crippen LogP contribution in [0.25, 0.3) is 0 Å². The number of aliphatic hydroxyl groups is 1. The fourth-order valence-electron chi connectivity index (χ4n) is 4.02. The Morgan fingerprint density at radius 1 is 0.949 bits per heavy atom. The second kappa shape index (κ2) is 14.9. The van der Waals surface area contributed by atoms with Crippen molar-refractivity contribution in [3.8, 4) is 0 Å². The van der Waals surface area contributed by atoms with Gasteiger partial charge in [-0.2, -0.15) is 0 Å². The molecule has 1 unspecified atom stereocenters. The molecule has 4 N–H and O–H groups in total. The summed E-state index contributed by atoms with van der Waals surface area (Å²) in [6.07, 6.45) is 1.94. The number of aryl methyl sites for hydroxylation is 2. The maximum absolute atomic E-state index is 12.5. The van der Waals surface area contributed by atoms with Crippen molar-refractivity contribution < 1.29 is 29.7 Å². The van der Waals surface area contributed by atoms with E-state index in [-0.39, 0.29) is 0 Å². The lowest BCUT2D eigenvalue weighted by Gasteiger charge is -2.37. The molecule has 1 fully saturated rings. The lowest BCUT2D eigenvalue weighted by atomic mass is 9.95. The Hall–Kier alpha value is -3.11. The zero-order valence-corrected chi connectivity index (χ0v) is 23.8. The summed E-state index contributed by atoms with van der Waals surface area (Å²) >= 11 is 11.9. The summed E-state index contributed by atoms with van der Waals surface area (Å²) in [5.74, 6) is -2.95. The van der Waals surface area contributed by atoms with Crippen molar-refractivity contribution in [2.75, 3.05) is 44.2 Å². The summed E-state index contributed by atoms with van der Waals surface area (Å²) in [6, 6.07) is 11.3. The maximum Gasteiger partial charge on any atom is 0.328 e. The van der Waals surface area contributed by atoms with Gasteiger partial charge >= 0.3 is 11.9 Å². The number of carbonyl (C=O) groups is 3. The van der Waals surface area contributed by atoms with Crippen LogP contribution in [0.1, 0.15) is 30.0 Å². The zero-order chi connectivity index (χ0) is 29.2. The predicted octanol–water partition coefficient (Wildman–Crippen LogP) is 3.86. The molecule has 0 saturated carbocycles. The molecule has 2 aromatic carbocycles. The summed E-state index contributed by atoms with van der Waals surface area (Å²) in [4.78, 5) is 36.5. The average Bonchev–Trinajstić information content (AvgIpc) is 2.89. The highest BCUT2D eigenvalue weighted by Gasteiger charge is 2.32. The first-order valence-corrected chi connectivity index (χ1v) is 13.2. The fraction of sp³-hybridized carbons (Fsp3) is 0.393. The second-order valence-electron chi connectivity index (χ2n) is 9.44.